The fourth-order valence-corrected chi connectivity index (χ4v) is 4.24. The molecule has 150 valence electrons. The molecule has 1 aromatic heterocycles. The van der Waals surface area contributed by atoms with Crippen molar-refractivity contribution in [1.82, 2.24) is 20.4 Å². The van der Waals surface area contributed by atoms with E-state index in [1.807, 2.05) is 0 Å². The fourth-order valence-electron chi connectivity index (χ4n) is 3.60. The van der Waals surface area contributed by atoms with Crippen molar-refractivity contribution in [2.45, 2.75) is 63.4 Å². The highest BCUT2D eigenvalue weighted by Crippen LogP contribution is 2.38. The first kappa shape index (κ1) is 20.4. The summed E-state index contributed by atoms with van der Waals surface area (Å²) in [5, 5.41) is 11.0. The van der Waals surface area contributed by atoms with E-state index in [0.717, 1.165) is 45.3 Å². The Morgan fingerprint density at radius 1 is 1.33 bits per heavy atom. The third-order valence-corrected chi connectivity index (χ3v) is 6.04. The first-order valence-electron chi connectivity index (χ1n) is 9.67. The van der Waals surface area contributed by atoms with Crippen LogP contribution in [0.1, 0.15) is 45.4 Å². The lowest BCUT2D eigenvalue weighted by Gasteiger charge is -2.39. The van der Waals surface area contributed by atoms with E-state index < -0.39 is 0 Å². The van der Waals surface area contributed by atoms with Crippen molar-refractivity contribution in [3.63, 3.8) is 0 Å². The lowest BCUT2D eigenvalue weighted by Crippen LogP contribution is -2.45. The first-order chi connectivity index (χ1) is 12.9. The van der Waals surface area contributed by atoms with Crippen LogP contribution in [0.15, 0.2) is 21.3 Å². The fraction of sp³-hybridized carbons (Fsp3) is 0.737. The maximum atomic E-state index is 12.0. The third-order valence-electron chi connectivity index (χ3n) is 5.22. The Bertz CT molecular complexity index is 664. The van der Waals surface area contributed by atoms with Crippen molar-refractivity contribution in [1.29, 1.82) is 0 Å². The van der Waals surface area contributed by atoms with Gasteiger partial charge >= 0.3 is 0 Å². The number of piperidine rings is 1. The van der Waals surface area contributed by atoms with Gasteiger partial charge in [-0.05, 0) is 39.5 Å². The van der Waals surface area contributed by atoms with E-state index >= 15 is 0 Å². The van der Waals surface area contributed by atoms with E-state index in [1.165, 1.54) is 17.3 Å². The summed E-state index contributed by atoms with van der Waals surface area (Å²) in [6.07, 6.45) is 6.69. The van der Waals surface area contributed by atoms with Crippen molar-refractivity contribution in [2.24, 2.45) is 0 Å². The smallest absolute Gasteiger partial charge is 0.277 e. The normalized spacial score (nSPS) is 22.1. The summed E-state index contributed by atoms with van der Waals surface area (Å²) >= 11 is 1.26. The molecule has 8 heteroatoms. The second-order valence-corrected chi connectivity index (χ2v) is 8.65. The number of allylic oxidation sites excluding steroid dienone is 1. The van der Waals surface area contributed by atoms with Gasteiger partial charge in [0, 0.05) is 33.1 Å². The van der Waals surface area contributed by atoms with Crippen LogP contribution >= 0.6 is 11.8 Å². The molecule has 1 atom stereocenters. The highest BCUT2D eigenvalue weighted by Gasteiger charge is 2.42. The first-order valence-corrected chi connectivity index (χ1v) is 10.7. The lowest BCUT2D eigenvalue weighted by atomic mass is 9.88. The van der Waals surface area contributed by atoms with Gasteiger partial charge in [-0.1, -0.05) is 23.4 Å². The van der Waals surface area contributed by atoms with Crippen LogP contribution in [-0.4, -0.2) is 64.6 Å². The summed E-state index contributed by atoms with van der Waals surface area (Å²) in [6, 6.07) is 0. The van der Waals surface area contributed by atoms with Crippen LogP contribution in [0.3, 0.4) is 0 Å². The highest BCUT2D eigenvalue weighted by atomic mass is 32.2. The number of ether oxygens (including phenoxy) is 1. The molecule has 1 spiro atoms. The van der Waals surface area contributed by atoms with E-state index in [4.69, 9.17) is 9.15 Å². The van der Waals surface area contributed by atoms with Crippen LogP contribution in [0, 0.1) is 6.92 Å². The molecule has 1 N–H and O–H groups in total. The van der Waals surface area contributed by atoms with Gasteiger partial charge in [0.1, 0.15) is 0 Å². The van der Waals surface area contributed by atoms with Crippen LogP contribution in [0.4, 0.5) is 0 Å². The Labute approximate surface area is 165 Å². The van der Waals surface area contributed by atoms with Crippen LogP contribution < -0.4 is 5.32 Å². The van der Waals surface area contributed by atoms with E-state index in [-0.39, 0.29) is 23.4 Å². The number of nitrogens with one attached hydrogen (secondary N) is 1. The largest absolute Gasteiger partial charge is 0.416 e. The number of rotatable bonds is 7. The maximum Gasteiger partial charge on any atom is 0.277 e. The Kier molecular flexibility index (Phi) is 6.94. The molecule has 1 amide bonds. The molecule has 0 aliphatic carbocycles. The maximum absolute atomic E-state index is 12.0. The minimum Gasteiger partial charge on any atom is -0.416 e. The van der Waals surface area contributed by atoms with Gasteiger partial charge < -0.3 is 14.5 Å². The molecule has 1 aromatic rings. The number of aryl methyl sites for hydroxylation is 1. The van der Waals surface area contributed by atoms with Gasteiger partial charge in [0.25, 0.3) is 5.22 Å². The number of nitrogens with zero attached hydrogens (tertiary/aromatic N) is 3. The minimum absolute atomic E-state index is 0.0207. The number of hydrogen-bond donors (Lipinski definition) is 1. The summed E-state index contributed by atoms with van der Waals surface area (Å²) in [6.45, 7) is 9.81. The zero-order valence-electron chi connectivity index (χ0n) is 16.5. The Morgan fingerprint density at radius 3 is 2.78 bits per heavy atom. The zero-order chi connectivity index (χ0) is 19.3. The lowest BCUT2D eigenvalue weighted by molar-refractivity contribution is -0.120. The number of carbonyl (C=O) groups excluding carboxylic acids is 1. The molecule has 2 aliphatic rings. The van der Waals surface area contributed by atoms with Crippen molar-refractivity contribution < 1.29 is 13.9 Å². The summed E-state index contributed by atoms with van der Waals surface area (Å²) < 4.78 is 11.6. The number of likely N-dealkylation sites (tertiary alicyclic amines) is 1. The van der Waals surface area contributed by atoms with E-state index in [9.17, 15) is 4.79 Å². The number of thioether (sulfide) groups is 1. The molecule has 2 aliphatic heterocycles. The number of carbonyl (C=O) groups is 1. The van der Waals surface area contributed by atoms with Crippen LogP contribution in [-0.2, 0) is 9.53 Å². The molecule has 2 fully saturated rings. The van der Waals surface area contributed by atoms with Crippen molar-refractivity contribution in [2.75, 3.05) is 31.9 Å². The van der Waals surface area contributed by atoms with E-state index in [0.29, 0.717) is 17.7 Å². The quantitative estimate of drug-likeness (QED) is 0.562. The summed E-state index contributed by atoms with van der Waals surface area (Å²) in [5.41, 5.74) is 1.39. The molecule has 27 heavy (non-hydrogen) atoms. The molecule has 1 unspecified atom stereocenters. The second-order valence-electron chi connectivity index (χ2n) is 7.72. The highest BCUT2D eigenvalue weighted by molar-refractivity contribution is 7.99. The van der Waals surface area contributed by atoms with Gasteiger partial charge in [-0.25, -0.2) is 0 Å². The summed E-state index contributed by atoms with van der Waals surface area (Å²) in [4.78, 5) is 14.5. The minimum atomic E-state index is -0.0306. The monoisotopic (exact) mass is 394 g/mol. The molecule has 3 heterocycles. The number of amides is 1. The molecule has 0 radical (unpaired) electrons. The third kappa shape index (κ3) is 6.05. The average Bonchev–Trinajstić information content (AvgIpc) is 3.24. The summed E-state index contributed by atoms with van der Waals surface area (Å²) in [5.74, 6) is 0.755. The summed E-state index contributed by atoms with van der Waals surface area (Å²) in [7, 11) is 0. The van der Waals surface area contributed by atoms with E-state index in [1.54, 1.807) is 6.92 Å². The Morgan fingerprint density at radius 2 is 2.11 bits per heavy atom. The molecular formula is C19H30N4O3S. The van der Waals surface area contributed by atoms with Crippen molar-refractivity contribution in [3.8, 4) is 0 Å². The second kappa shape index (κ2) is 9.21. The van der Waals surface area contributed by atoms with Crippen LogP contribution in [0.5, 0.6) is 0 Å². The molecule has 0 aromatic carbocycles. The van der Waals surface area contributed by atoms with Gasteiger partial charge in [-0.3, -0.25) is 9.69 Å². The van der Waals surface area contributed by atoms with Gasteiger partial charge in [-0.15, -0.1) is 10.2 Å². The molecular weight excluding hydrogens is 364 g/mol. The van der Waals surface area contributed by atoms with Crippen LogP contribution in [0.25, 0.3) is 0 Å². The predicted octanol–water partition coefficient (Wildman–Crippen LogP) is 2.57. The van der Waals surface area contributed by atoms with Gasteiger partial charge in [0.05, 0.1) is 17.5 Å². The predicted molar refractivity (Wildman–Crippen MR) is 105 cm³/mol. The average molecular weight is 395 g/mol. The SMILES string of the molecule is CC(C)=CCN1CCC2(CCC(CNC(=O)CSc3nnc(C)o3)O2)CC1. The van der Waals surface area contributed by atoms with Crippen molar-refractivity contribution >= 4 is 17.7 Å². The molecule has 7 nitrogen and oxygen atoms in total. The van der Waals surface area contributed by atoms with Gasteiger partial charge in [0.15, 0.2) is 0 Å². The van der Waals surface area contributed by atoms with E-state index in [2.05, 4.69) is 40.3 Å². The number of aromatic nitrogens is 2. The topological polar surface area (TPSA) is 80.5 Å². The number of hydrogen-bond acceptors (Lipinski definition) is 7. The van der Waals surface area contributed by atoms with Crippen LogP contribution in [0.2, 0.25) is 0 Å². The molecule has 2 saturated heterocycles. The van der Waals surface area contributed by atoms with Gasteiger partial charge in [-0.2, -0.15) is 0 Å². The molecule has 0 saturated carbocycles. The van der Waals surface area contributed by atoms with Gasteiger partial charge in [0.2, 0.25) is 11.8 Å². The zero-order valence-corrected chi connectivity index (χ0v) is 17.3. The molecule has 3 rings (SSSR count). The Hall–Kier alpha value is -1.38. The standard InChI is InChI=1S/C19H30N4O3S/c1-14(2)5-9-23-10-7-19(8-11-23)6-4-16(26-19)12-20-17(24)13-27-18-22-21-15(3)25-18/h5,16H,4,6-13H2,1-3H3,(H,20,24). The molecule has 0 bridgehead atoms. The Balaban J connectivity index is 1.35. The van der Waals surface area contributed by atoms with Crippen molar-refractivity contribution in [3.05, 3.63) is 17.5 Å².